The monoisotopic (exact) mass is 537 g/mol. The molecule has 4 heterocycles. The Kier molecular flexibility index (Phi) is 6.52. The first-order valence-electron chi connectivity index (χ1n) is 12.4. The molecule has 0 unspecified atom stereocenters. The Morgan fingerprint density at radius 3 is 2.78 bits per heavy atom. The number of piperidine rings is 1. The number of nitrogens with two attached hydrogens (primary N) is 1. The molecule has 1 aliphatic carbocycles. The van der Waals surface area contributed by atoms with Crippen LogP contribution in [0.25, 0.3) is 10.9 Å². The van der Waals surface area contributed by atoms with E-state index in [0.717, 1.165) is 55.2 Å². The van der Waals surface area contributed by atoms with Gasteiger partial charge in [-0.25, -0.2) is 15.0 Å². The number of allylic oxidation sites excluding steroid dienone is 1. The van der Waals surface area contributed by atoms with E-state index < -0.39 is 0 Å². The Morgan fingerprint density at radius 1 is 1.22 bits per heavy atom. The molecule has 11 heteroatoms. The molecule has 1 fully saturated rings. The average Bonchev–Trinajstić information content (AvgIpc) is 3.47. The molecule has 3 aromatic rings. The molecule has 3 aliphatic rings. The molecule has 0 radical (unpaired) electrons. The number of benzene rings is 1. The summed E-state index contributed by atoms with van der Waals surface area (Å²) < 4.78 is 6.60. The largest absolute Gasteiger partial charge is 0.383 e. The van der Waals surface area contributed by atoms with E-state index in [4.69, 9.17) is 22.1 Å². The van der Waals surface area contributed by atoms with Crippen molar-refractivity contribution >= 4 is 46.3 Å². The molecule has 2 N–H and O–H groups in total. The lowest BCUT2D eigenvalue weighted by Gasteiger charge is -2.43. The Labute approximate surface area is 223 Å². The number of aromatic nitrogens is 4. The first-order chi connectivity index (χ1) is 18.0. The molecule has 0 saturated carbocycles. The predicted octanol–water partition coefficient (Wildman–Crippen LogP) is 3.68. The van der Waals surface area contributed by atoms with Gasteiger partial charge in [0.05, 0.1) is 59.5 Å². The van der Waals surface area contributed by atoms with Crippen molar-refractivity contribution in [1.82, 2.24) is 19.5 Å². The fourth-order valence-corrected chi connectivity index (χ4v) is 6.78. The number of ether oxygens (including phenoxy) is 1. The third kappa shape index (κ3) is 4.35. The van der Waals surface area contributed by atoms with Crippen LogP contribution in [0.3, 0.4) is 0 Å². The molecular formula is C26H28ClN7O2S. The number of aliphatic imine (C=N–C) groups is 1. The number of anilines is 1. The van der Waals surface area contributed by atoms with E-state index in [1.54, 1.807) is 19.4 Å². The molecule has 37 heavy (non-hydrogen) atoms. The van der Waals surface area contributed by atoms with Gasteiger partial charge in [-0.15, -0.1) is 0 Å². The van der Waals surface area contributed by atoms with E-state index in [1.807, 2.05) is 18.5 Å². The van der Waals surface area contributed by atoms with Gasteiger partial charge in [0.15, 0.2) is 0 Å². The van der Waals surface area contributed by atoms with Crippen LogP contribution in [-0.2, 0) is 11.3 Å². The molecular weight excluding hydrogens is 510 g/mol. The SMILES string of the molecule is COCCn1cnc2ccc(Sc3cnc(N4CCC5(CC4)CC4=C(N=CC4)[C@@H]5N)cn3)c(Cl)c2c1=O. The van der Waals surface area contributed by atoms with Crippen LogP contribution in [-0.4, -0.2) is 58.6 Å². The molecule has 0 bridgehead atoms. The lowest BCUT2D eigenvalue weighted by atomic mass is 9.72. The highest BCUT2D eigenvalue weighted by Crippen LogP contribution is 2.50. The van der Waals surface area contributed by atoms with Crippen molar-refractivity contribution in [3.8, 4) is 0 Å². The Morgan fingerprint density at radius 2 is 2.05 bits per heavy atom. The minimum Gasteiger partial charge on any atom is -0.383 e. The van der Waals surface area contributed by atoms with Gasteiger partial charge in [-0.3, -0.25) is 14.4 Å². The van der Waals surface area contributed by atoms with Gasteiger partial charge in [-0.2, -0.15) is 0 Å². The molecule has 1 atom stereocenters. The Bertz CT molecular complexity index is 1460. The predicted molar refractivity (Wildman–Crippen MR) is 146 cm³/mol. The van der Waals surface area contributed by atoms with E-state index in [1.165, 1.54) is 28.2 Å². The fraction of sp³-hybridized carbons (Fsp3) is 0.423. The second kappa shape index (κ2) is 9.83. The molecule has 1 aromatic carbocycles. The quantitative estimate of drug-likeness (QED) is 0.507. The summed E-state index contributed by atoms with van der Waals surface area (Å²) in [7, 11) is 1.60. The maximum Gasteiger partial charge on any atom is 0.262 e. The number of halogens is 1. The summed E-state index contributed by atoms with van der Waals surface area (Å²) in [5.41, 5.74) is 9.70. The zero-order valence-corrected chi connectivity index (χ0v) is 22.1. The molecule has 192 valence electrons. The third-order valence-corrected chi connectivity index (χ3v) is 9.28. The van der Waals surface area contributed by atoms with Crippen molar-refractivity contribution < 1.29 is 4.74 Å². The van der Waals surface area contributed by atoms with Crippen LogP contribution in [0.4, 0.5) is 5.82 Å². The zero-order valence-electron chi connectivity index (χ0n) is 20.6. The average molecular weight is 538 g/mol. The normalized spacial score (nSPS) is 20.4. The minimum atomic E-state index is -0.187. The van der Waals surface area contributed by atoms with Gasteiger partial charge in [0.25, 0.3) is 5.56 Å². The van der Waals surface area contributed by atoms with E-state index >= 15 is 0 Å². The third-order valence-electron chi connectivity index (χ3n) is 7.79. The number of fused-ring (bicyclic) bond motifs is 1. The summed E-state index contributed by atoms with van der Waals surface area (Å²) in [5, 5.41) is 1.48. The summed E-state index contributed by atoms with van der Waals surface area (Å²) >= 11 is 8.06. The first kappa shape index (κ1) is 24.5. The summed E-state index contributed by atoms with van der Waals surface area (Å²) in [6.45, 7) is 2.63. The van der Waals surface area contributed by atoms with E-state index in [9.17, 15) is 4.79 Å². The van der Waals surface area contributed by atoms with Gasteiger partial charge < -0.3 is 15.4 Å². The van der Waals surface area contributed by atoms with E-state index in [2.05, 4.69) is 24.8 Å². The van der Waals surface area contributed by atoms with Crippen molar-refractivity contribution in [2.45, 2.75) is 48.2 Å². The first-order valence-corrected chi connectivity index (χ1v) is 13.6. The molecule has 2 aliphatic heterocycles. The van der Waals surface area contributed by atoms with Crippen LogP contribution in [0.1, 0.15) is 25.7 Å². The van der Waals surface area contributed by atoms with E-state index in [-0.39, 0.29) is 17.0 Å². The molecule has 6 rings (SSSR count). The van der Waals surface area contributed by atoms with Crippen LogP contribution in [0.2, 0.25) is 5.02 Å². The summed E-state index contributed by atoms with van der Waals surface area (Å²) in [6, 6.07) is 3.71. The highest BCUT2D eigenvalue weighted by molar-refractivity contribution is 7.99. The zero-order chi connectivity index (χ0) is 25.6. The number of nitrogens with zero attached hydrogens (tertiary/aromatic N) is 6. The Balaban J connectivity index is 1.15. The van der Waals surface area contributed by atoms with Crippen LogP contribution in [0.15, 0.2) is 61.8 Å². The maximum atomic E-state index is 13.0. The van der Waals surface area contributed by atoms with Gasteiger partial charge in [-0.1, -0.05) is 23.4 Å². The highest BCUT2D eigenvalue weighted by atomic mass is 35.5. The van der Waals surface area contributed by atoms with Crippen molar-refractivity contribution in [3.05, 3.63) is 57.5 Å². The summed E-state index contributed by atoms with van der Waals surface area (Å²) in [4.78, 5) is 34.2. The molecule has 1 saturated heterocycles. The van der Waals surface area contributed by atoms with Crippen LogP contribution >= 0.6 is 23.4 Å². The minimum absolute atomic E-state index is 0.0410. The lowest BCUT2D eigenvalue weighted by molar-refractivity contribution is 0.186. The van der Waals surface area contributed by atoms with Crippen molar-refractivity contribution in [1.29, 1.82) is 0 Å². The molecule has 0 amide bonds. The lowest BCUT2D eigenvalue weighted by Crippen LogP contribution is -2.48. The molecule has 9 nitrogen and oxygen atoms in total. The summed E-state index contributed by atoms with van der Waals surface area (Å²) in [6.07, 6.45) is 11.2. The van der Waals surface area contributed by atoms with E-state index in [0.29, 0.717) is 34.1 Å². The van der Waals surface area contributed by atoms with Crippen LogP contribution in [0, 0.1) is 5.41 Å². The van der Waals surface area contributed by atoms with Gasteiger partial charge in [0.1, 0.15) is 10.8 Å². The molecule has 1 spiro atoms. The van der Waals surface area contributed by atoms with Gasteiger partial charge in [-0.05, 0) is 42.4 Å². The fourth-order valence-electron chi connectivity index (χ4n) is 5.66. The van der Waals surface area contributed by atoms with Crippen LogP contribution in [0.5, 0.6) is 0 Å². The van der Waals surface area contributed by atoms with Crippen molar-refractivity contribution in [3.63, 3.8) is 0 Å². The van der Waals surface area contributed by atoms with Crippen molar-refractivity contribution in [2.75, 3.05) is 31.7 Å². The smallest absolute Gasteiger partial charge is 0.262 e. The second-order valence-corrected chi connectivity index (χ2v) is 11.3. The highest BCUT2D eigenvalue weighted by Gasteiger charge is 2.48. The second-order valence-electron chi connectivity index (χ2n) is 9.83. The topological polar surface area (TPSA) is 112 Å². The number of methoxy groups -OCH3 is 1. The number of hydrogen-bond donors (Lipinski definition) is 1. The standard InChI is InChI=1S/C26H28ClN7O2S/c1-36-11-10-34-15-32-17-2-3-18(22(27)21(17)25(34)35)37-20-14-30-19(13-31-20)33-8-5-26(6-9-33)12-16-4-7-29-23(16)24(26)28/h2-3,7,13-15,24H,4-6,8-12,28H2,1H3/t24-/m0/s1. The number of hydrogen-bond acceptors (Lipinski definition) is 9. The van der Waals surface area contributed by atoms with Crippen LogP contribution < -0.4 is 16.2 Å². The van der Waals surface area contributed by atoms with Gasteiger partial charge in [0.2, 0.25) is 0 Å². The number of rotatable bonds is 6. The molecule has 2 aromatic heterocycles. The summed E-state index contributed by atoms with van der Waals surface area (Å²) in [5.74, 6) is 0.860. The van der Waals surface area contributed by atoms with Crippen molar-refractivity contribution in [2.24, 2.45) is 16.1 Å². The van der Waals surface area contributed by atoms with Gasteiger partial charge in [0, 0.05) is 37.7 Å². The maximum absolute atomic E-state index is 13.0. The van der Waals surface area contributed by atoms with Gasteiger partial charge >= 0.3 is 0 Å². The Hall–Kier alpha value is -2.79.